The Kier molecular flexibility index (Phi) is 5.12. The van der Waals surface area contributed by atoms with Crippen LogP contribution in [0.25, 0.3) is 0 Å². The van der Waals surface area contributed by atoms with Gasteiger partial charge in [-0.1, -0.05) is 11.6 Å². The summed E-state index contributed by atoms with van der Waals surface area (Å²) in [4.78, 5) is 11.7. The number of carbonyl (C=O) groups excluding carboxylic acids is 1. The lowest BCUT2D eigenvalue weighted by atomic mass is 10.4. The maximum Gasteiger partial charge on any atom is 0.273 e. The highest BCUT2D eigenvalue weighted by Gasteiger charge is 2.14. The predicted octanol–water partition coefficient (Wildman–Crippen LogP) is -0.165. The highest BCUT2D eigenvalue weighted by atomic mass is 35.5. The molecule has 0 unspecified atom stereocenters. The Balaban J connectivity index is 2.48. The van der Waals surface area contributed by atoms with Gasteiger partial charge in [0.15, 0.2) is 5.69 Å². The summed E-state index contributed by atoms with van der Waals surface area (Å²) in [6.07, 6.45) is 2.61. The SMILES string of the molecule is CCn1cc(Cl)c(C(=O)NCCNS(C)(=O)=O)n1. The molecule has 1 aromatic heterocycles. The van der Waals surface area contributed by atoms with Crippen LogP contribution in [0.3, 0.4) is 0 Å². The van der Waals surface area contributed by atoms with Crippen molar-refractivity contribution >= 4 is 27.5 Å². The first-order chi connectivity index (χ1) is 8.33. The minimum Gasteiger partial charge on any atom is -0.349 e. The van der Waals surface area contributed by atoms with E-state index in [9.17, 15) is 13.2 Å². The van der Waals surface area contributed by atoms with Gasteiger partial charge in [-0.2, -0.15) is 5.10 Å². The molecule has 0 aliphatic carbocycles. The van der Waals surface area contributed by atoms with E-state index in [2.05, 4.69) is 15.1 Å². The minimum atomic E-state index is -3.24. The van der Waals surface area contributed by atoms with Crippen molar-refractivity contribution < 1.29 is 13.2 Å². The van der Waals surface area contributed by atoms with Gasteiger partial charge >= 0.3 is 0 Å². The maximum absolute atomic E-state index is 11.7. The number of halogens is 1. The summed E-state index contributed by atoms with van der Waals surface area (Å²) in [5.41, 5.74) is 0.137. The zero-order valence-electron chi connectivity index (χ0n) is 10.1. The molecule has 2 N–H and O–H groups in total. The van der Waals surface area contributed by atoms with Crippen LogP contribution >= 0.6 is 11.6 Å². The van der Waals surface area contributed by atoms with Crippen LogP contribution in [-0.4, -0.2) is 43.5 Å². The number of carbonyl (C=O) groups is 1. The molecule has 7 nitrogen and oxygen atoms in total. The van der Waals surface area contributed by atoms with E-state index in [1.807, 2.05) is 6.92 Å². The Morgan fingerprint density at radius 1 is 1.50 bits per heavy atom. The number of nitrogens with one attached hydrogen (secondary N) is 2. The molecule has 1 amide bonds. The number of nitrogens with zero attached hydrogens (tertiary/aromatic N) is 2. The molecule has 0 fully saturated rings. The zero-order chi connectivity index (χ0) is 13.8. The highest BCUT2D eigenvalue weighted by Crippen LogP contribution is 2.13. The number of rotatable bonds is 6. The van der Waals surface area contributed by atoms with Gasteiger partial charge < -0.3 is 5.32 Å². The van der Waals surface area contributed by atoms with Gasteiger partial charge in [0.25, 0.3) is 5.91 Å². The second kappa shape index (κ2) is 6.17. The van der Waals surface area contributed by atoms with Crippen molar-refractivity contribution in [3.05, 3.63) is 16.9 Å². The molecule has 1 heterocycles. The minimum absolute atomic E-state index is 0.122. The molecule has 9 heteroatoms. The van der Waals surface area contributed by atoms with Crippen LogP contribution in [0.2, 0.25) is 5.02 Å². The average Bonchev–Trinajstić information content (AvgIpc) is 2.64. The fourth-order valence-electron chi connectivity index (χ4n) is 1.21. The molecule has 0 aliphatic heterocycles. The van der Waals surface area contributed by atoms with E-state index in [1.54, 1.807) is 10.9 Å². The summed E-state index contributed by atoms with van der Waals surface area (Å²) < 4.78 is 25.4. The van der Waals surface area contributed by atoms with Crippen molar-refractivity contribution in [3.63, 3.8) is 0 Å². The third-order valence-electron chi connectivity index (χ3n) is 2.03. The monoisotopic (exact) mass is 294 g/mol. The lowest BCUT2D eigenvalue weighted by Gasteiger charge is -2.04. The maximum atomic E-state index is 11.7. The Morgan fingerprint density at radius 2 is 2.17 bits per heavy atom. The van der Waals surface area contributed by atoms with Gasteiger partial charge in [0.2, 0.25) is 10.0 Å². The molecular formula is C9H15ClN4O3S. The van der Waals surface area contributed by atoms with Crippen molar-refractivity contribution in [3.8, 4) is 0 Å². The molecule has 0 atom stereocenters. The zero-order valence-corrected chi connectivity index (χ0v) is 11.7. The summed E-state index contributed by atoms with van der Waals surface area (Å²) >= 11 is 5.85. The predicted molar refractivity (Wildman–Crippen MR) is 68.1 cm³/mol. The Bertz CT molecular complexity index is 526. The van der Waals surface area contributed by atoms with Crippen LogP contribution in [-0.2, 0) is 16.6 Å². The van der Waals surface area contributed by atoms with E-state index in [0.717, 1.165) is 6.26 Å². The summed E-state index contributed by atoms with van der Waals surface area (Å²) in [7, 11) is -3.24. The Hall–Kier alpha value is -1.12. The van der Waals surface area contributed by atoms with E-state index in [-0.39, 0.29) is 23.8 Å². The van der Waals surface area contributed by atoms with Crippen LogP contribution in [0, 0.1) is 0 Å². The number of hydrogen-bond donors (Lipinski definition) is 2. The van der Waals surface area contributed by atoms with Crippen molar-refractivity contribution in [1.82, 2.24) is 19.8 Å². The standard InChI is InChI=1S/C9H15ClN4O3S/c1-3-14-6-7(10)8(13-14)9(15)11-4-5-12-18(2,16)17/h6,12H,3-5H2,1-2H3,(H,11,15). The summed E-state index contributed by atoms with van der Waals surface area (Å²) in [5, 5.41) is 6.78. The number of aryl methyl sites for hydroxylation is 1. The quantitative estimate of drug-likeness (QED) is 0.713. The molecule has 18 heavy (non-hydrogen) atoms. The first kappa shape index (κ1) is 14.9. The molecule has 0 bridgehead atoms. The lowest BCUT2D eigenvalue weighted by molar-refractivity contribution is 0.0948. The smallest absolute Gasteiger partial charge is 0.273 e. The van der Waals surface area contributed by atoms with Gasteiger partial charge in [0.05, 0.1) is 11.3 Å². The molecule has 102 valence electrons. The van der Waals surface area contributed by atoms with Crippen molar-refractivity contribution in [2.75, 3.05) is 19.3 Å². The Labute approximate surface area is 111 Å². The molecule has 0 radical (unpaired) electrons. The topological polar surface area (TPSA) is 93.1 Å². The van der Waals surface area contributed by atoms with E-state index >= 15 is 0 Å². The van der Waals surface area contributed by atoms with Crippen LogP contribution in [0.4, 0.5) is 0 Å². The third-order valence-corrected chi connectivity index (χ3v) is 3.04. The Morgan fingerprint density at radius 3 is 2.67 bits per heavy atom. The molecule has 1 aromatic rings. The first-order valence-electron chi connectivity index (χ1n) is 5.29. The van der Waals surface area contributed by atoms with Crippen LogP contribution in [0.5, 0.6) is 0 Å². The lowest BCUT2D eigenvalue weighted by Crippen LogP contribution is -2.34. The summed E-state index contributed by atoms with van der Waals surface area (Å²) in [6.45, 7) is 2.78. The molecule has 0 aliphatic rings. The van der Waals surface area contributed by atoms with Gasteiger partial charge in [-0.15, -0.1) is 0 Å². The fraction of sp³-hybridized carbons (Fsp3) is 0.556. The fourth-order valence-corrected chi connectivity index (χ4v) is 1.92. The van der Waals surface area contributed by atoms with E-state index in [1.165, 1.54) is 0 Å². The second-order valence-corrected chi connectivity index (χ2v) is 5.84. The second-order valence-electron chi connectivity index (χ2n) is 3.60. The van der Waals surface area contributed by atoms with Gasteiger partial charge in [-0.05, 0) is 6.92 Å². The number of amides is 1. The average molecular weight is 295 g/mol. The number of aromatic nitrogens is 2. The summed E-state index contributed by atoms with van der Waals surface area (Å²) in [6, 6.07) is 0. The van der Waals surface area contributed by atoms with Crippen LogP contribution in [0.1, 0.15) is 17.4 Å². The largest absolute Gasteiger partial charge is 0.349 e. The van der Waals surface area contributed by atoms with Gasteiger partial charge in [0.1, 0.15) is 0 Å². The summed E-state index contributed by atoms with van der Waals surface area (Å²) in [5.74, 6) is -0.428. The normalized spacial score (nSPS) is 11.5. The van der Waals surface area contributed by atoms with Crippen LogP contribution in [0.15, 0.2) is 6.20 Å². The highest BCUT2D eigenvalue weighted by molar-refractivity contribution is 7.88. The van der Waals surface area contributed by atoms with E-state index in [0.29, 0.717) is 6.54 Å². The third kappa shape index (κ3) is 4.63. The number of sulfonamides is 1. The van der Waals surface area contributed by atoms with Gasteiger partial charge in [0, 0.05) is 25.8 Å². The van der Waals surface area contributed by atoms with E-state index in [4.69, 9.17) is 11.6 Å². The van der Waals surface area contributed by atoms with Gasteiger partial charge in [-0.25, -0.2) is 13.1 Å². The molecule has 0 saturated heterocycles. The number of hydrogen-bond acceptors (Lipinski definition) is 4. The van der Waals surface area contributed by atoms with Gasteiger partial charge in [-0.3, -0.25) is 9.48 Å². The first-order valence-corrected chi connectivity index (χ1v) is 7.56. The molecule has 0 saturated carbocycles. The van der Waals surface area contributed by atoms with Crippen molar-refractivity contribution in [2.45, 2.75) is 13.5 Å². The molecule has 0 spiro atoms. The van der Waals surface area contributed by atoms with Crippen LogP contribution < -0.4 is 10.0 Å². The molecular weight excluding hydrogens is 280 g/mol. The molecule has 1 rings (SSSR count). The van der Waals surface area contributed by atoms with Crippen molar-refractivity contribution in [1.29, 1.82) is 0 Å². The van der Waals surface area contributed by atoms with Crippen molar-refractivity contribution in [2.24, 2.45) is 0 Å². The van der Waals surface area contributed by atoms with E-state index < -0.39 is 15.9 Å². The molecule has 0 aromatic carbocycles.